The molecule has 0 saturated carbocycles. The molecule has 1 aliphatic heterocycles. The Kier molecular flexibility index (Phi) is 5.03. The molecule has 130 valence electrons. The normalized spacial score (nSPS) is 15.2. The highest BCUT2D eigenvalue weighted by atomic mass is 16.6. The van der Waals surface area contributed by atoms with E-state index >= 15 is 0 Å². The number of nitrogens with one attached hydrogen (secondary N) is 2. The fourth-order valence-electron chi connectivity index (χ4n) is 2.25. The summed E-state index contributed by atoms with van der Waals surface area (Å²) in [5, 5.41) is 0. The van der Waals surface area contributed by atoms with Crippen molar-refractivity contribution in [3.05, 3.63) is 54.1 Å². The van der Waals surface area contributed by atoms with Crippen molar-refractivity contribution in [1.82, 2.24) is 10.9 Å². The number of hydrogen-bond acceptors (Lipinski definition) is 5. The van der Waals surface area contributed by atoms with E-state index in [-0.39, 0.29) is 13.2 Å². The standard InChI is InChI=1S/C18H18N2O5/c1-12-5-4-6-13(9-12)23-11-17(21)19-20-18(22)16-10-24-14-7-2-3-8-15(14)25-16/h2-9,16H,10-11H2,1H3,(H,19,21)(H,20,22)/t16-/m1/s1. The average molecular weight is 342 g/mol. The van der Waals surface area contributed by atoms with Gasteiger partial charge >= 0.3 is 0 Å². The van der Waals surface area contributed by atoms with E-state index in [0.717, 1.165) is 5.56 Å². The molecule has 2 N–H and O–H groups in total. The number of para-hydroxylation sites is 2. The molecule has 1 heterocycles. The summed E-state index contributed by atoms with van der Waals surface area (Å²) in [7, 11) is 0. The van der Waals surface area contributed by atoms with Crippen molar-refractivity contribution in [2.45, 2.75) is 13.0 Å². The molecule has 2 aromatic rings. The molecule has 0 aromatic heterocycles. The molecule has 3 rings (SSSR count). The van der Waals surface area contributed by atoms with Gasteiger partial charge in [-0.2, -0.15) is 0 Å². The van der Waals surface area contributed by atoms with E-state index in [1.54, 1.807) is 24.3 Å². The molecular formula is C18H18N2O5. The van der Waals surface area contributed by atoms with Crippen molar-refractivity contribution >= 4 is 11.8 Å². The Balaban J connectivity index is 1.44. The first-order valence-corrected chi connectivity index (χ1v) is 7.78. The SMILES string of the molecule is Cc1cccc(OCC(=O)NNC(=O)[C@H]2COc3ccccc3O2)c1. The van der Waals surface area contributed by atoms with Crippen LogP contribution >= 0.6 is 0 Å². The van der Waals surface area contributed by atoms with Crippen molar-refractivity contribution in [3.63, 3.8) is 0 Å². The van der Waals surface area contributed by atoms with Gasteiger partial charge in [0, 0.05) is 0 Å². The summed E-state index contributed by atoms with van der Waals surface area (Å²) < 4.78 is 16.4. The molecule has 1 atom stereocenters. The largest absolute Gasteiger partial charge is 0.485 e. The zero-order valence-corrected chi connectivity index (χ0v) is 13.7. The Morgan fingerprint density at radius 1 is 1.12 bits per heavy atom. The molecule has 25 heavy (non-hydrogen) atoms. The van der Waals surface area contributed by atoms with Crippen molar-refractivity contribution in [2.24, 2.45) is 0 Å². The second kappa shape index (κ2) is 7.57. The van der Waals surface area contributed by atoms with E-state index in [9.17, 15) is 9.59 Å². The Morgan fingerprint density at radius 2 is 1.92 bits per heavy atom. The molecule has 0 bridgehead atoms. The molecule has 0 aliphatic carbocycles. The molecule has 0 fully saturated rings. The van der Waals surface area contributed by atoms with Crippen LogP contribution in [0.25, 0.3) is 0 Å². The predicted octanol–water partition coefficient (Wildman–Crippen LogP) is 1.36. The van der Waals surface area contributed by atoms with Gasteiger partial charge in [-0.05, 0) is 36.8 Å². The Labute approximate surface area is 144 Å². The summed E-state index contributed by atoms with van der Waals surface area (Å²) in [6, 6.07) is 14.4. The van der Waals surface area contributed by atoms with Gasteiger partial charge in [-0.15, -0.1) is 0 Å². The summed E-state index contributed by atoms with van der Waals surface area (Å²) in [5.74, 6) is 0.678. The molecule has 0 radical (unpaired) electrons. The van der Waals surface area contributed by atoms with Gasteiger partial charge < -0.3 is 14.2 Å². The number of amides is 2. The highest BCUT2D eigenvalue weighted by molar-refractivity contribution is 5.85. The molecule has 1 aliphatic rings. The maximum atomic E-state index is 12.1. The van der Waals surface area contributed by atoms with E-state index in [0.29, 0.717) is 17.2 Å². The van der Waals surface area contributed by atoms with Crippen LogP contribution in [-0.4, -0.2) is 31.1 Å². The van der Waals surface area contributed by atoms with Crippen LogP contribution in [0, 0.1) is 6.92 Å². The Morgan fingerprint density at radius 3 is 2.72 bits per heavy atom. The lowest BCUT2D eigenvalue weighted by atomic mass is 10.2. The first-order valence-electron chi connectivity index (χ1n) is 7.78. The smallest absolute Gasteiger partial charge is 0.283 e. The number of ether oxygens (including phenoxy) is 3. The second-order valence-electron chi connectivity index (χ2n) is 5.51. The third kappa shape index (κ3) is 4.41. The minimum Gasteiger partial charge on any atom is -0.485 e. The molecule has 2 amide bonds. The number of rotatable bonds is 4. The number of hydrogen-bond donors (Lipinski definition) is 2. The molecule has 0 saturated heterocycles. The summed E-state index contributed by atoms with van der Waals surface area (Å²) in [4.78, 5) is 23.8. The van der Waals surface area contributed by atoms with E-state index in [2.05, 4.69) is 10.9 Å². The molecule has 0 unspecified atom stereocenters. The third-order valence-corrected chi connectivity index (χ3v) is 3.49. The number of fused-ring (bicyclic) bond motifs is 1. The summed E-state index contributed by atoms with van der Waals surface area (Å²) in [6.45, 7) is 1.78. The van der Waals surface area contributed by atoms with E-state index in [1.165, 1.54) is 0 Å². The van der Waals surface area contributed by atoms with Gasteiger partial charge in [-0.1, -0.05) is 24.3 Å². The Hall–Kier alpha value is -3.22. The van der Waals surface area contributed by atoms with Gasteiger partial charge in [0.1, 0.15) is 12.4 Å². The molecule has 2 aromatic carbocycles. The number of aryl methyl sites for hydroxylation is 1. The zero-order valence-electron chi connectivity index (χ0n) is 13.7. The van der Waals surface area contributed by atoms with E-state index in [1.807, 2.05) is 31.2 Å². The lowest BCUT2D eigenvalue weighted by Crippen LogP contribution is -2.51. The minimum absolute atomic E-state index is 0.0680. The monoisotopic (exact) mass is 342 g/mol. The number of carbonyl (C=O) groups is 2. The summed E-state index contributed by atoms with van der Waals surface area (Å²) >= 11 is 0. The molecule has 0 spiro atoms. The maximum absolute atomic E-state index is 12.1. The van der Waals surface area contributed by atoms with Gasteiger partial charge in [0.2, 0.25) is 6.10 Å². The zero-order chi connectivity index (χ0) is 17.6. The highest BCUT2D eigenvalue weighted by Gasteiger charge is 2.27. The second-order valence-corrected chi connectivity index (χ2v) is 5.51. The quantitative estimate of drug-likeness (QED) is 0.820. The summed E-state index contributed by atoms with van der Waals surface area (Å²) in [5.41, 5.74) is 5.63. The van der Waals surface area contributed by atoms with Crippen LogP contribution in [0.5, 0.6) is 17.2 Å². The fourth-order valence-corrected chi connectivity index (χ4v) is 2.25. The van der Waals surface area contributed by atoms with Gasteiger partial charge in [0.05, 0.1) is 0 Å². The molecule has 7 heteroatoms. The first kappa shape index (κ1) is 16.6. The number of benzene rings is 2. The lowest BCUT2D eigenvalue weighted by molar-refractivity contribution is -0.135. The lowest BCUT2D eigenvalue weighted by Gasteiger charge is -2.25. The van der Waals surface area contributed by atoms with Gasteiger partial charge in [-0.25, -0.2) is 0 Å². The van der Waals surface area contributed by atoms with Crippen molar-refractivity contribution < 1.29 is 23.8 Å². The number of hydrazine groups is 1. The fraction of sp³-hybridized carbons (Fsp3) is 0.222. The van der Waals surface area contributed by atoms with Crippen LogP contribution in [0.1, 0.15) is 5.56 Å². The van der Waals surface area contributed by atoms with Gasteiger partial charge in [0.15, 0.2) is 18.1 Å². The topological polar surface area (TPSA) is 85.9 Å². The number of carbonyl (C=O) groups excluding carboxylic acids is 2. The van der Waals surface area contributed by atoms with Crippen molar-refractivity contribution in [3.8, 4) is 17.2 Å². The third-order valence-electron chi connectivity index (χ3n) is 3.49. The summed E-state index contributed by atoms with van der Waals surface area (Å²) in [6.07, 6.45) is -0.840. The van der Waals surface area contributed by atoms with Gasteiger partial charge in [-0.3, -0.25) is 20.4 Å². The van der Waals surface area contributed by atoms with E-state index < -0.39 is 17.9 Å². The highest BCUT2D eigenvalue weighted by Crippen LogP contribution is 2.30. The van der Waals surface area contributed by atoms with Crippen LogP contribution in [0.3, 0.4) is 0 Å². The minimum atomic E-state index is -0.840. The van der Waals surface area contributed by atoms with Crippen LogP contribution in [0.15, 0.2) is 48.5 Å². The molecular weight excluding hydrogens is 324 g/mol. The van der Waals surface area contributed by atoms with Crippen LogP contribution < -0.4 is 25.1 Å². The molecule has 7 nitrogen and oxygen atoms in total. The Bertz CT molecular complexity index is 778. The van der Waals surface area contributed by atoms with Crippen molar-refractivity contribution in [1.29, 1.82) is 0 Å². The van der Waals surface area contributed by atoms with E-state index in [4.69, 9.17) is 14.2 Å². The van der Waals surface area contributed by atoms with Crippen molar-refractivity contribution in [2.75, 3.05) is 13.2 Å². The van der Waals surface area contributed by atoms with Crippen LogP contribution in [-0.2, 0) is 9.59 Å². The van der Waals surface area contributed by atoms with Gasteiger partial charge in [0.25, 0.3) is 11.8 Å². The first-order chi connectivity index (χ1) is 12.1. The van der Waals surface area contributed by atoms with Crippen LogP contribution in [0.2, 0.25) is 0 Å². The predicted molar refractivity (Wildman–Crippen MR) is 89.3 cm³/mol. The average Bonchev–Trinajstić information content (AvgIpc) is 2.64. The van der Waals surface area contributed by atoms with Crippen LogP contribution in [0.4, 0.5) is 0 Å². The maximum Gasteiger partial charge on any atom is 0.283 e.